The van der Waals surface area contributed by atoms with E-state index in [2.05, 4.69) is 5.32 Å². The maximum atomic E-state index is 13.8. The van der Waals surface area contributed by atoms with Gasteiger partial charge in [-0.15, -0.1) is 0 Å². The molecule has 0 unspecified atom stereocenters. The number of benzene rings is 2. The van der Waals surface area contributed by atoms with Gasteiger partial charge < -0.3 is 10.2 Å². The first kappa shape index (κ1) is 17.1. The summed E-state index contributed by atoms with van der Waals surface area (Å²) in [4.78, 5) is 26.3. The Morgan fingerprint density at radius 2 is 1.88 bits per heavy atom. The Hall–Kier alpha value is -2.69. The molecular formula is C20H21FN2O2. The smallest absolute Gasteiger partial charge is 0.229 e. The highest BCUT2D eigenvalue weighted by Gasteiger charge is 2.35. The van der Waals surface area contributed by atoms with Gasteiger partial charge in [-0.2, -0.15) is 0 Å². The third kappa shape index (κ3) is 3.55. The average molecular weight is 340 g/mol. The van der Waals surface area contributed by atoms with E-state index in [4.69, 9.17) is 0 Å². The molecule has 1 heterocycles. The average Bonchev–Trinajstić information content (AvgIpc) is 2.95. The van der Waals surface area contributed by atoms with Crippen LogP contribution < -0.4 is 10.2 Å². The molecule has 2 aromatic carbocycles. The number of amides is 2. The molecular weight excluding hydrogens is 319 g/mol. The lowest BCUT2D eigenvalue weighted by Gasteiger charge is -2.17. The third-order valence-electron chi connectivity index (χ3n) is 4.60. The second kappa shape index (κ2) is 6.67. The number of carbonyl (C=O) groups excluding carboxylic acids is 2. The predicted molar refractivity (Wildman–Crippen MR) is 96.1 cm³/mol. The normalized spacial score (nSPS) is 17.0. The Morgan fingerprint density at radius 1 is 1.12 bits per heavy atom. The summed E-state index contributed by atoms with van der Waals surface area (Å²) in [6.45, 7) is 5.86. The summed E-state index contributed by atoms with van der Waals surface area (Å²) in [6, 6.07) is 10.5. The van der Waals surface area contributed by atoms with E-state index in [0.717, 1.165) is 16.8 Å². The van der Waals surface area contributed by atoms with Gasteiger partial charge in [-0.05, 0) is 50.1 Å². The molecule has 25 heavy (non-hydrogen) atoms. The van der Waals surface area contributed by atoms with Crippen LogP contribution in [0.15, 0.2) is 36.4 Å². The van der Waals surface area contributed by atoms with Gasteiger partial charge in [0.2, 0.25) is 11.8 Å². The standard InChI is InChI=1S/C20H21FN2O2/c1-12-4-7-18(14(3)8-12)22-20(25)15-9-19(24)23(11-15)16-6-5-13(2)17(21)10-16/h4-8,10,15H,9,11H2,1-3H3,(H,22,25)/t15-/m0/s1. The number of nitrogens with zero attached hydrogens (tertiary/aromatic N) is 1. The fraction of sp³-hybridized carbons (Fsp3) is 0.300. The lowest BCUT2D eigenvalue weighted by Crippen LogP contribution is -2.28. The van der Waals surface area contributed by atoms with Gasteiger partial charge in [-0.3, -0.25) is 9.59 Å². The van der Waals surface area contributed by atoms with Crippen LogP contribution >= 0.6 is 0 Å². The molecule has 0 bridgehead atoms. The molecule has 4 nitrogen and oxygen atoms in total. The van der Waals surface area contributed by atoms with Crippen LogP contribution in [-0.4, -0.2) is 18.4 Å². The summed E-state index contributed by atoms with van der Waals surface area (Å²) in [6.07, 6.45) is 0.131. The number of anilines is 2. The van der Waals surface area contributed by atoms with Crippen molar-refractivity contribution in [2.24, 2.45) is 5.92 Å². The zero-order valence-electron chi connectivity index (χ0n) is 14.6. The Morgan fingerprint density at radius 3 is 2.56 bits per heavy atom. The van der Waals surface area contributed by atoms with Gasteiger partial charge in [0, 0.05) is 24.3 Å². The van der Waals surface area contributed by atoms with Crippen LogP contribution in [0.5, 0.6) is 0 Å². The van der Waals surface area contributed by atoms with E-state index in [9.17, 15) is 14.0 Å². The number of nitrogens with one attached hydrogen (secondary N) is 1. The predicted octanol–water partition coefficient (Wildman–Crippen LogP) is 3.74. The molecule has 130 valence electrons. The summed E-state index contributed by atoms with van der Waals surface area (Å²) in [5, 5.41) is 2.90. The highest BCUT2D eigenvalue weighted by molar-refractivity contribution is 6.03. The summed E-state index contributed by atoms with van der Waals surface area (Å²) in [5.74, 6) is -1.15. The summed E-state index contributed by atoms with van der Waals surface area (Å²) >= 11 is 0. The number of halogens is 1. The van der Waals surface area contributed by atoms with Crippen LogP contribution in [-0.2, 0) is 9.59 Å². The Kier molecular flexibility index (Phi) is 4.57. The van der Waals surface area contributed by atoms with Crippen molar-refractivity contribution >= 4 is 23.2 Å². The van der Waals surface area contributed by atoms with E-state index >= 15 is 0 Å². The molecule has 1 aliphatic rings. The molecule has 2 amide bonds. The van der Waals surface area contributed by atoms with Crippen molar-refractivity contribution in [2.45, 2.75) is 27.2 Å². The molecule has 2 aromatic rings. The van der Waals surface area contributed by atoms with Gasteiger partial charge in [0.1, 0.15) is 5.82 Å². The van der Waals surface area contributed by atoms with Gasteiger partial charge in [-0.25, -0.2) is 4.39 Å². The van der Waals surface area contributed by atoms with Crippen LogP contribution in [0.2, 0.25) is 0 Å². The van der Waals surface area contributed by atoms with Gasteiger partial charge in [0.25, 0.3) is 0 Å². The molecule has 1 N–H and O–H groups in total. The molecule has 1 fully saturated rings. The highest BCUT2D eigenvalue weighted by Crippen LogP contribution is 2.28. The van der Waals surface area contributed by atoms with Crippen molar-refractivity contribution < 1.29 is 14.0 Å². The summed E-state index contributed by atoms with van der Waals surface area (Å²) in [7, 11) is 0. The molecule has 0 aliphatic carbocycles. The van der Waals surface area contributed by atoms with Crippen molar-refractivity contribution in [1.82, 2.24) is 0 Å². The van der Waals surface area contributed by atoms with E-state index in [1.165, 1.54) is 11.0 Å². The van der Waals surface area contributed by atoms with Gasteiger partial charge in [0.05, 0.1) is 5.92 Å². The number of rotatable bonds is 3. The van der Waals surface area contributed by atoms with Gasteiger partial charge in [-0.1, -0.05) is 23.8 Å². The van der Waals surface area contributed by atoms with E-state index < -0.39 is 5.92 Å². The van der Waals surface area contributed by atoms with Crippen molar-refractivity contribution in [1.29, 1.82) is 0 Å². The van der Waals surface area contributed by atoms with Gasteiger partial charge in [0.15, 0.2) is 0 Å². The SMILES string of the molecule is Cc1ccc(NC(=O)[C@H]2CC(=O)N(c3ccc(C)c(F)c3)C2)c(C)c1. The van der Waals surface area contributed by atoms with E-state index in [0.29, 0.717) is 11.3 Å². The molecule has 0 radical (unpaired) electrons. The second-order valence-corrected chi connectivity index (χ2v) is 6.65. The maximum Gasteiger partial charge on any atom is 0.229 e. The van der Waals surface area contributed by atoms with E-state index in [-0.39, 0.29) is 30.6 Å². The Balaban J connectivity index is 1.73. The van der Waals surface area contributed by atoms with Gasteiger partial charge >= 0.3 is 0 Å². The Labute approximate surface area is 146 Å². The molecule has 1 aliphatic heterocycles. The molecule has 0 aromatic heterocycles. The topological polar surface area (TPSA) is 49.4 Å². The van der Waals surface area contributed by atoms with Crippen molar-refractivity contribution in [3.63, 3.8) is 0 Å². The number of aryl methyl sites for hydroxylation is 3. The lowest BCUT2D eigenvalue weighted by atomic mass is 10.1. The van der Waals surface area contributed by atoms with Crippen LogP contribution in [0.25, 0.3) is 0 Å². The first-order valence-corrected chi connectivity index (χ1v) is 8.30. The minimum Gasteiger partial charge on any atom is -0.326 e. The van der Waals surface area contributed by atoms with Crippen molar-refractivity contribution in [3.05, 3.63) is 58.9 Å². The number of carbonyl (C=O) groups is 2. The quantitative estimate of drug-likeness (QED) is 0.925. The minimum atomic E-state index is -0.447. The highest BCUT2D eigenvalue weighted by atomic mass is 19.1. The monoisotopic (exact) mass is 340 g/mol. The third-order valence-corrected chi connectivity index (χ3v) is 4.60. The molecule has 5 heteroatoms. The van der Waals surface area contributed by atoms with Crippen molar-refractivity contribution in [3.8, 4) is 0 Å². The zero-order valence-corrected chi connectivity index (χ0v) is 14.6. The summed E-state index contributed by atoms with van der Waals surface area (Å²) < 4.78 is 13.8. The molecule has 0 saturated carbocycles. The zero-order chi connectivity index (χ0) is 18.1. The second-order valence-electron chi connectivity index (χ2n) is 6.65. The molecule has 3 rings (SSSR count). The van der Waals surface area contributed by atoms with E-state index in [1.807, 2.05) is 32.0 Å². The summed E-state index contributed by atoms with van der Waals surface area (Å²) in [5.41, 5.74) is 3.88. The fourth-order valence-corrected chi connectivity index (χ4v) is 3.07. The van der Waals surface area contributed by atoms with E-state index in [1.54, 1.807) is 19.1 Å². The first-order chi connectivity index (χ1) is 11.8. The lowest BCUT2D eigenvalue weighted by molar-refractivity contribution is -0.122. The molecule has 0 spiro atoms. The molecule has 1 atom stereocenters. The van der Waals surface area contributed by atoms with Crippen LogP contribution in [0.3, 0.4) is 0 Å². The first-order valence-electron chi connectivity index (χ1n) is 8.30. The molecule has 1 saturated heterocycles. The van der Waals surface area contributed by atoms with Crippen molar-refractivity contribution in [2.75, 3.05) is 16.8 Å². The number of hydrogen-bond acceptors (Lipinski definition) is 2. The minimum absolute atomic E-state index is 0.131. The largest absolute Gasteiger partial charge is 0.326 e. The van der Waals surface area contributed by atoms with Crippen LogP contribution in [0.4, 0.5) is 15.8 Å². The van der Waals surface area contributed by atoms with Crippen LogP contribution in [0.1, 0.15) is 23.1 Å². The van der Waals surface area contributed by atoms with Crippen LogP contribution in [0, 0.1) is 32.5 Å². The fourth-order valence-electron chi connectivity index (χ4n) is 3.07. The Bertz CT molecular complexity index is 848. The maximum absolute atomic E-state index is 13.8. The number of hydrogen-bond donors (Lipinski definition) is 1.